The highest BCUT2D eigenvalue weighted by atomic mass is 16.5. The van der Waals surface area contributed by atoms with E-state index in [1.54, 1.807) is 7.11 Å². The summed E-state index contributed by atoms with van der Waals surface area (Å²) in [5.74, 6) is 0.987. The summed E-state index contributed by atoms with van der Waals surface area (Å²) in [6.07, 6.45) is 1.01. The minimum Gasteiger partial charge on any atom is -0.496 e. The van der Waals surface area contributed by atoms with Crippen molar-refractivity contribution in [2.45, 2.75) is 20.0 Å². The summed E-state index contributed by atoms with van der Waals surface area (Å²) in [5.41, 5.74) is 3.87. The monoisotopic (exact) mass is 178 g/mol. The molecule has 0 saturated heterocycles. The summed E-state index contributed by atoms with van der Waals surface area (Å²) in [6.45, 7) is 3.65. The van der Waals surface area contributed by atoms with Crippen LogP contribution < -0.4 is 4.74 Å². The molecule has 1 aromatic rings. The maximum Gasteiger partial charge on any atom is 0.122 e. The van der Waals surface area contributed by atoms with Crippen LogP contribution in [0.5, 0.6) is 5.75 Å². The second-order valence-corrected chi connectivity index (χ2v) is 3.39. The van der Waals surface area contributed by atoms with E-state index in [0.29, 0.717) is 0 Å². The van der Waals surface area contributed by atoms with E-state index in [-0.39, 0.29) is 0 Å². The molecular weight excluding hydrogens is 164 g/mol. The molecule has 0 aromatic heterocycles. The molecule has 0 saturated carbocycles. The molecule has 0 unspecified atom stereocenters. The van der Waals surface area contributed by atoms with Gasteiger partial charge in [-0.3, -0.25) is 0 Å². The van der Waals surface area contributed by atoms with E-state index >= 15 is 0 Å². The van der Waals surface area contributed by atoms with Crippen molar-refractivity contribution in [2.75, 3.05) is 13.7 Å². The van der Waals surface area contributed by atoms with Gasteiger partial charge in [-0.15, -0.1) is 0 Å². The Bertz CT molecular complexity index is 318. The van der Waals surface area contributed by atoms with Gasteiger partial charge in [-0.1, -0.05) is 0 Å². The first-order chi connectivity index (χ1) is 6.31. The lowest BCUT2D eigenvalue weighted by Gasteiger charge is -2.18. The Morgan fingerprint density at radius 3 is 2.92 bits per heavy atom. The van der Waals surface area contributed by atoms with Crippen molar-refractivity contribution in [3.05, 3.63) is 28.8 Å². The van der Waals surface area contributed by atoms with Crippen molar-refractivity contribution in [2.24, 2.45) is 0 Å². The zero-order chi connectivity index (χ0) is 9.26. The standard InChI is InChI=1S/C11H14O2/c1-8-5-10-7-13-4-3-9(10)6-11(8)12-2/h5-6H,3-4,7H2,1-2H3. The molecule has 0 bridgehead atoms. The number of ether oxygens (including phenoxy) is 2. The van der Waals surface area contributed by atoms with E-state index in [9.17, 15) is 0 Å². The molecule has 0 N–H and O–H groups in total. The number of fused-ring (bicyclic) bond motifs is 1. The molecule has 13 heavy (non-hydrogen) atoms. The van der Waals surface area contributed by atoms with Gasteiger partial charge in [0.2, 0.25) is 0 Å². The number of hydrogen-bond donors (Lipinski definition) is 0. The van der Waals surface area contributed by atoms with Gasteiger partial charge in [-0.05, 0) is 42.2 Å². The van der Waals surface area contributed by atoms with Gasteiger partial charge in [0.1, 0.15) is 5.75 Å². The highest BCUT2D eigenvalue weighted by molar-refractivity contribution is 5.42. The van der Waals surface area contributed by atoms with Crippen LogP contribution in [0.3, 0.4) is 0 Å². The quantitative estimate of drug-likeness (QED) is 0.655. The topological polar surface area (TPSA) is 18.5 Å². The highest BCUT2D eigenvalue weighted by Gasteiger charge is 2.11. The van der Waals surface area contributed by atoms with Crippen molar-refractivity contribution in [1.82, 2.24) is 0 Å². The molecule has 0 amide bonds. The van der Waals surface area contributed by atoms with Gasteiger partial charge in [0.25, 0.3) is 0 Å². The fraction of sp³-hybridized carbons (Fsp3) is 0.455. The average molecular weight is 178 g/mol. The average Bonchev–Trinajstić information content (AvgIpc) is 2.17. The summed E-state index contributed by atoms with van der Waals surface area (Å²) >= 11 is 0. The van der Waals surface area contributed by atoms with Crippen LogP contribution in [0, 0.1) is 6.92 Å². The Morgan fingerprint density at radius 2 is 2.15 bits per heavy atom. The molecule has 0 atom stereocenters. The minimum atomic E-state index is 0.750. The molecule has 70 valence electrons. The number of benzene rings is 1. The van der Waals surface area contributed by atoms with Gasteiger partial charge in [0.05, 0.1) is 20.3 Å². The Hall–Kier alpha value is -1.02. The second kappa shape index (κ2) is 3.38. The molecule has 2 heteroatoms. The summed E-state index contributed by atoms with van der Waals surface area (Å²) in [7, 11) is 1.72. The van der Waals surface area contributed by atoms with Gasteiger partial charge in [0.15, 0.2) is 0 Å². The molecule has 2 rings (SSSR count). The van der Waals surface area contributed by atoms with Crippen molar-refractivity contribution >= 4 is 0 Å². The third-order valence-electron chi connectivity index (χ3n) is 2.49. The summed E-state index contributed by atoms with van der Waals surface area (Å²) in [6, 6.07) is 4.29. The van der Waals surface area contributed by atoms with Gasteiger partial charge in [0, 0.05) is 0 Å². The molecule has 1 heterocycles. The van der Waals surface area contributed by atoms with E-state index in [4.69, 9.17) is 9.47 Å². The lowest BCUT2D eigenvalue weighted by molar-refractivity contribution is 0.110. The van der Waals surface area contributed by atoms with Gasteiger partial charge in [-0.25, -0.2) is 0 Å². The third-order valence-corrected chi connectivity index (χ3v) is 2.49. The molecule has 0 aliphatic carbocycles. The summed E-state index contributed by atoms with van der Waals surface area (Å²) < 4.78 is 10.7. The number of rotatable bonds is 1. The van der Waals surface area contributed by atoms with Crippen molar-refractivity contribution < 1.29 is 9.47 Å². The zero-order valence-corrected chi connectivity index (χ0v) is 8.09. The van der Waals surface area contributed by atoms with Crippen LogP contribution in [0.4, 0.5) is 0 Å². The maximum atomic E-state index is 5.38. The number of aryl methyl sites for hydroxylation is 1. The molecule has 0 radical (unpaired) electrons. The largest absolute Gasteiger partial charge is 0.496 e. The molecule has 1 aromatic carbocycles. The zero-order valence-electron chi connectivity index (χ0n) is 8.09. The summed E-state index contributed by atoms with van der Waals surface area (Å²) in [4.78, 5) is 0. The third kappa shape index (κ3) is 1.54. The molecule has 0 fully saturated rings. The molecule has 2 nitrogen and oxygen atoms in total. The number of hydrogen-bond acceptors (Lipinski definition) is 2. The van der Waals surface area contributed by atoms with Crippen LogP contribution in [0.25, 0.3) is 0 Å². The first-order valence-electron chi connectivity index (χ1n) is 4.55. The van der Waals surface area contributed by atoms with E-state index in [0.717, 1.165) is 25.4 Å². The van der Waals surface area contributed by atoms with Crippen LogP contribution in [0.15, 0.2) is 12.1 Å². The van der Waals surface area contributed by atoms with E-state index in [1.165, 1.54) is 16.7 Å². The second-order valence-electron chi connectivity index (χ2n) is 3.39. The fourth-order valence-electron chi connectivity index (χ4n) is 1.74. The normalized spacial score (nSPS) is 15.2. The molecule has 1 aliphatic rings. The van der Waals surface area contributed by atoms with Crippen LogP contribution in [-0.4, -0.2) is 13.7 Å². The predicted octanol–water partition coefficient (Wildman–Crippen LogP) is 2.08. The van der Waals surface area contributed by atoms with E-state index in [2.05, 4.69) is 19.1 Å². The first kappa shape index (κ1) is 8.57. The SMILES string of the molecule is COc1cc2c(cc1C)COCC2. The fourth-order valence-corrected chi connectivity index (χ4v) is 1.74. The highest BCUT2D eigenvalue weighted by Crippen LogP contribution is 2.25. The van der Waals surface area contributed by atoms with Crippen molar-refractivity contribution in [3.8, 4) is 5.75 Å². The van der Waals surface area contributed by atoms with Crippen molar-refractivity contribution in [1.29, 1.82) is 0 Å². The van der Waals surface area contributed by atoms with Crippen LogP contribution >= 0.6 is 0 Å². The van der Waals surface area contributed by atoms with E-state index < -0.39 is 0 Å². The van der Waals surface area contributed by atoms with Crippen molar-refractivity contribution in [3.63, 3.8) is 0 Å². The van der Waals surface area contributed by atoms with Crippen LogP contribution in [-0.2, 0) is 17.8 Å². The first-order valence-corrected chi connectivity index (χ1v) is 4.55. The van der Waals surface area contributed by atoms with E-state index in [1.807, 2.05) is 0 Å². The minimum absolute atomic E-state index is 0.750. The molecule has 0 spiro atoms. The summed E-state index contributed by atoms with van der Waals surface area (Å²) in [5, 5.41) is 0. The lowest BCUT2D eigenvalue weighted by atomic mass is 10.0. The Labute approximate surface area is 78.5 Å². The van der Waals surface area contributed by atoms with Crippen LogP contribution in [0.1, 0.15) is 16.7 Å². The molecular formula is C11H14O2. The maximum absolute atomic E-state index is 5.38. The molecule has 1 aliphatic heterocycles. The van der Waals surface area contributed by atoms with Gasteiger partial charge in [-0.2, -0.15) is 0 Å². The Morgan fingerprint density at radius 1 is 1.31 bits per heavy atom. The predicted molar refractivity (Wildman–Crippen MR) is 51.1 cm³/mol. The Balaban J connectivity index is 2.44. The van der Waals surface area contributed by atoms with Gasteiger partial charge >= 0.3 is 0 Å². The lowest BCUT2D eigenvalue weighted by Crippen LogP contribution is -2.10. The number of methoxy groups -OCH3 is 1. The van der Waals surface area contributed by atoms with Crippen LogP contribution in [0.2, 0.25) is 0 Å². The van der Waals surface area contributed by atoms with Gasteiger partial charge < -0.3 is 9.47 Å². The smallest absolute Gasteiger partial charge is 0.122 e. The Kier molecular flexibility index (Phi) is 2.23.